The maximum absolute atomic E-state index is 14.8. The van der Waals surface area contributed by atoms with Crippen molar-refractivity contribution < 1.29 is 129 Å². The molecular formula is C47H72O26. The molecule has 4 saturated carbocycles. The SMILES string of the molecule is C=C1C[C@@]23CC[C@H]4[C@@](C)(CCC[C@@]4(C)C(=O)O[C@@H]4O[C@H](CO)[C@@H](O)[C@H](O)[C@H]4O[C@@H]4O[C@H](CO)[C@@H](O)[C@H](O)[C@H]4O)[C@@H]2CCC1(O[C@@H]1O[C@H](CO)[C@@H](O)[C@H](O)[C@H]1O[C@@H]1O[C@H](COC(=O)CC(=O)O)[C@@H](O)[C@H](O)[C@H]1O)C3. The van der Waals surface area contributed by atoms with E-state index < -0.39 is 195 Å². The van der Waals surface area contributed by atoms with Crippen LogP contribution in [0.4, 0.5) is 0 Å². The molecule has 26 atom stereocenters. The molecule has 0 aromatic heterocycles. The van der Waals surface area contributed by atoms with Crippen molar-refractivity contribution in [3.05, 3.63) is 12.2 Å². The average molecular weight is 1050 g/mol. The summed E-state index contributed by atoms with van der Waals surface area (Å²) in [5.41, 5.74) is -2.56. The molecule has 0 aromatic carbocycles. The summed E-state index contributed by atoms with van der Waals surface area (Å²) in [6.45, 7) is 5.30. The van der Waals surface area contributed by atoms with Crippen molar-refractivity contribution in [3.8, 4) is 0 Å². The Morgan fingerprint density at radius 1 is 0.603 bits per heavy atom. The molecule has 73 heavy (non-hydrogen) atoms. The van der Waals surface area contributed by atoms with E-state index in [1.807, 2.05) is 0 Å². The van der Waals surface area contributed by atoms with Gasteiger partial charge in [0.1, 0.15) is 105 Å². The number of carboxylic acids is 1. The van der Waals surface area contributed by atoms with Gasteiger partial charge in [0, 0.05) is 0 Å². The van der Waals surface area contributed by atoms with Crippen LogP contribution in [0.2, 0.25) is 0 Å². The van der Waals surface area contributed by atoms with Crippen LogP contribution in [0.5, 0.6) is 0 Å². The summed E-state index contributed by atoms with van der Waals surface area (Å²) in [4.78, 5) is 37.7. The number of carbonyl (C=O) groups excluding carboxylic acids is 2. The van der Waals surface area contributed by atoms with Gasteiger partial charge in [-0.1, -0.05) is 19.9 Å². The topological polar surface area (TPSA) is 418 Å². The van der Waals surface area contributed by atoms with Crippen LogP contribution in [-0.4, -0.2) is 244 Å². The second-order valence-electron chi connectivity index (χ2n) is 21.9. The first-order chi connectivity index (χ1) is 34.4. The molecule has 26 nitrogen and oxygen atoms in total. The number of carboxylic acid groups (broad SMARTS) is 1. The number of fused-ring (bicyclic) bond motifs is 3. The van der Waals surface area contributed by atoms with Gasteiger partial charge >= 0.3 is 17.9 Å². The molecule has 0 aromatic rings. The number of aliphatic hydroxyl groups excluding tert-OH is 13. The monoisotopic (exact) mass is 1050 g/mol. The second-order valence-corrected chi connectivity index (χ2v) is 21.9. The number of aliphatic carboxylic acids is 1. The minimum atomic E-state index is -1.98. The molecule has 8 aliphatic rings. The highest BCUT2D eigenvalue weighted by molar-refractivity contribution is 5.90. The Hall–Kier alpha value is -2.65. The highest BCUT2D eigenvalue weighted by Gasteiger charge is 2.70. The summed E-state index contributed by atoms with van der Waals surface area (Å²) in [5.74, 6) is -3.71. The Kier molecular flexibility index (Phi) is 16.8. The molecule has 4 aliphatic heterocycles. The smallest absolute Gasteiger partial charge is 0.317 e. The molecule has 4 aliphatic carbocycles. The van der Waals surface area contributed by atoms with Crippen molar-refractivity contribution in [1.29, 1.82) is 0 Å². The molecule has 1 spiro atoms. The number of rotatable bonds is 15. The molecular weight excluding hydrogens is 980 g/mol. The van der Waals surface area contributed by atoms with Crippen LogP contribution in [-0.2, 0) is 57.0 Å². The summed E-state index contributed by atoms with van der Waals surface area (Å²) >= 11 is 0. The molecule has 8 fully saturated rings. The van der Waals surface area contributed by atoms with Gasteiger partial charge in [0.15, 0.2) is 25.0 Å². The molecule has 4 heterocycles. The van der Waals surface area contributed by atoms with Crippen LogP contribution in [0.25, 0.3) is 0 Å². The number of hydrogen-bond acceptors (Lipinski definition) is 25. The molecule has 26 heteroatoms. The first kappa shape index (κ1) is 56.6. The highest BCUT2D eigenvalue weighted by atomic mass is 16.8. The van der Waals surface area contributed by atoms with E-state index in [4.69, 9.17) is 47.7 Å². The Bertz CT molecular complexity index is 2000. The van der Waals surface area contributed by atoms with Crippen molar-refractivity contribution >= 4 is 17.9 Å². The Morgan fingerprint density at radius 2 is 1.10 bits per heavy atom. The maximum Gasteiger partial charge on any atom is 0.317 e. The van der Waals surface area contributed by atoms with Gasteiger partial charge in [-0.15, -0.1) is 0 Å². The van der Waals surface area contributed by atoms with E-state index in [0.717, 1.165) is 6.42 Å². The summed E-state index contributed by atoms with van der Waals surface area (Å²) in [5, 5.41) is 147. The fourth-order valence-corrected chi connectivity index (χ4v) is 13.8. The zero-order chi connectivity index (χ0) is 53.3. The van der Waals surface area contributed by atoms with E-state index >= 15 is 0 Å². The lowest BCUT2D eigenvalue weighted by Gasteiger charge is -2.64. The predicted octanol–water partition coefficient (Wildman–Crippen LogP) is -5.09. The van der Waals surface area contributed by atoms with Crippen LogP contribution < -0.4 is 0 Å². The van der Waals surface area contributed by atoms with Crippen molar-refractivity contribution in [2.45, 2.75) is 206 Å². The maximum atomic E-state index is 14.8. The number of carbonyl (C=O) groups is 3. The van der Waals surface area contributed by atoms with Gasteiger partial charge in [-0.05, 0) is 86.5 Å². The lowest BCUT2D eigenvalue weighted by atomic mass is 9.41. The van der Waals surface area contributed by atoms with Crippen LogP contribution >= 0.6 is 0 Å². The van der Waals surface area contributed by atoms with Gasteiger partial charge in [0.2, 0.25) is 6.29 Å². The second kappa shape index (κ2) is 21.6. The van der Waals surface area contributed by atoms with Gasteiger partial charge in [-0.25, -0.2) is 0 Å². The number of hydrogen-bond donors (Lipinski definition) is 14. The van der Waals surface area contributed by atoms with Gasteiger partial charge in [-0.2, -0.15) is 0 Å². The van der Waals surface area contributed by atoms with Crippen LogP contribution in [0, 0.1) is 28.1 Å². The minimum Gasteiger partial charge on any atom is -0.481 e. The fourth-order valence-electron chi connectivity index (χ4n) is 13.8. The summed E-state index contributed by atoms with van der Waals surface area (Å²) in [7, 11) is 0. The molecule has 8 rings (SSSR count). The van der Waals surface area contributed by atoms with Gasteiger partial charge in [0.05, 0.1) is 30.8 Å². The average Bonchev–Trinajstić information content (AvgIpc) is 3.54. The van der Waals surface area contributed by atoms with E-state index in [1.54, 1.807) is 6.92 Å². The first-order valence-electron chi connectivity index (χ1n) is 24.9. The Balaban J connectivity index is 0.992. The predicted molar refractivity (Wildman–Crippen MR) is 235 cm³/mol. The third-order valence-electron chi connectivity index (χ3n) is 17.6. The van der Waals surface area contributed by atoms with E-state index in [9.17, 15) is 80.8 Å². The van der Waals surface area contributed by atoms with Gasteiger partial charge in [0.25, 0.3) is 0 Å². The van der Waals surface area contributed by atoms with E-state index in [1.165, 1.54) is 0 Å². The number of esters is 2. The van der Waals surface area contributed by atoms with Crippen LogP contribution in [0.1, 0.15) is 78.1 Å². The van der Waals surface area contributed by atoms with Gasteiger partial charge in [-0.3, -0.25) is 14.4 Å². The van der Waals surface area contributed by atoms with Crippen molar-refractivity contribution in [2.75, 3.05) is 26.4 Å². The van der Waals surface area contributed by atoms with Crippen molar-refractivity contribution in [3.63, 3.8) is 0 Å². The van der Waals surface area contributed by atoms with Crippen molar-refractivity contribution in [1.82, 2.24) is 0 Å². The van der Waals surface area contributed by atoms with E-state index in [-0.39, 0.29) is 11.8 Å². The van der Waals surface area contributed by atoms with E-state index in [0.29, 0.717) is 56.9 Å². The quantitative estimate of drug-likeness (QED) is 0.0316. The molecule has 0 radical (unpaired) electrons. The molecule has 2 bridgehead atoms. The van der Waals surface area contributed by atoms with Crippen LogP contribution in [0.3, 0.4) is 0 Å². The normalized spacial score (nSPS) is 50.9. The highest BCUT2D eigenvalue weighted by Crippen LogP contribution is 2.74. The summed E-state index contributed by atoms with van der Waals surface area (Å²) < 4.78 is 52.7. The third-order valence-corrected chi connectivity index (χ3v) is 17.6. The zero-order valence-corrected chi connectivity index (χ0v) is 40.5. The third kappa shape index (κ3) is 10.1. The van der Waals surface area contributed by atoms with E-state index in [2.05, 4.69) is 13.5 Å². The largest absolute Gasteiger partial charge is 0.481 e. The van der Waals surface area contributed by atoms with Crippen molar-refractivity contribution in [2.24, 2.45) is 28.1 Å². The molecule has 1 unspecified atom stereocenters. The van der Waals surface area contributed by atoms with Gasteiger partial charge < -0.3 is 114 Å². The lowest BCUT2D eigenvalue weighted by molar-refractivity contribution is -0.378. The Labute approximate surface area is 418 Å². The molecule has 0 amide bonds. The van der Waals surface area contributed by atoms with Crippen LogP contribution in [0.15, 0.2) is 12.2 Å². The summed E-state index contributed by atoms with van der Waals surface area (Å²) in [6, 6.07) is 0. The molecule has 4 saturated heterocycles. The number of aliphatic hydroxyl groups is 13. The fraction of sp³-hybridized carbons (Fsp3) is 0.894. The zero-order valence-electron chi connectivity index (χ0n) is 40.5. The first-order valence-corrected chi connectivity index (χ1v) is 24.9. The molecule has 416 valence electrons. The Morgan fingerprint density at radius 3 is 1.66 bits per heavy atom. The lowest BCUT2D eigenvalue weighted by Crippen LogP contribution is -2.66. The summed E-state index contributed by atoms with van der Waals surface area (Å²) in [6.07, 6.45) is -31.3. The number of ether oxygens (including phenoxy) is 9. The molecule has 14 N–H and O–H groups in total. The minimum absolute atomic E-state index is 0.0248. The standard InChI is InChI=1S/C47H72O26/c1-18-12-46-9-5-23-44(2,7-4-8-45(23,3)43(64)72-41-37(33(60)28(55)20(14-49)67-41)70-39-35(62)31(58)27(54)19(13-48)66-39)24(46)6-10-47(18,17-46)73-42-38(34(61)29(56)21(15-50)68-42)71-40-36(63)32(59)30(57)22(69-40)16-65-26(53)11-25(51)52/h19-24,27-42,48-50,54-63H,1,4-17H2,2-3H3,(H,51,52)/t19-,20-,21-,22-,23+,24+,27-,28-,29-,30-,31+,32+,33+,34+,35-,36-,37-,38-,39+,40+,41+,42+,44-,45-,46-,47?/m1/s1.